The summed E-state index contributed by atoms with van der Waals surface area (Å²) < 4.78 is 10.6. The van der Waals surface area contributed by atoms with Crippen LogP contribution in [0.4, 0.5) is 11.9 Å². The number of fused-ring (bicyclic) bond motifs is 3. The molecule has 0 radical (unpaired) electrons. The third kappa shape index (κ3) is 3.41. The van der Waals surface area contributed by atoms with Crippen LogP contribution in [0.3, 0.4) is 0 Å². The zero-order valence-corrected chi connectivity index (χ0v) is 15.4. The van der Waals surface area contributed by atoms with E-state index in [0.717, 1.165) is 34.6 Å². The van der Waals surface area contributed by atoms with Gasteiger partial charge in [0.25, 0.3) is 0 Å². The van der Waals surface area contributed by atoms with Crippen molar-refractivity contribution in [1.82, 2.24) is 15.0 Å². The smallest absolute Gasteiger partial charge is 0.348 e. The first kappa shape index (κ1) is 17.2. The van der Waals surface area contributed by atoms with Crippen LogP contribution in [0, 0.1) is 0 Å². The Hall–Kier alpha value is -3.20. The first-order chi connectivity index (χ1) is 13.0. The summed E-state index contributed by atoms with van der Waals surface area (Å²) in [6.07, 6.45) is 1.79. The molecule has 0 spiro atoms. The van der Waals surface area contributed by atoms with Gasteiger partial charge in [0, 0.05) is 4.88 Å². The predicted octanol–water partition coefficient (Wildman–Crippen LogP) is 2.23. The van der Waals surface area contributed by atoms with E-state index in [-0.39, 0.29) is 24.3 Å². The third-order valence-electron chi connectivity index (χ3n) is 4.28. The summed E-state index contributed by atoms with van der Waals surface area (Å²) in [7, 11) is 1.66. The van der Waals surface area contributed by atoms with E-state index >= 15 is 0 Å². The number of aryl methyl sites for hydroxylation is 2. The number of methoxy groups -OCH3 is 1. The van der Waals surface area contributed by atoms with Gasteiger partial charge in [0.05, 0.1) is 7.11 Å². The lowest BCUT2D eigenvalue weighted by Gasteiger charge is -2.16. The van der Waals surface area contributed by atoms with Crippen LogP contribution < -0.4 is 16.2 Å². The lowest BCUT2D eigenvalue weighted by molar-refractivity contribution is 0.0468. The number of esters is 1. The van der Waals surface area contributed by atoms with Crippen LogP contribution in [0.25, 0.3) is 10.4 Å². The second-order valence-corrected chi connectivity index (χ2v) is 7.08. The van der Waals surface area contributed by atoms with Gasteiger partial charge in [-0.1, -0.05) is 0 Å². The van der Waals surface area contributed by atoms with Crippen molar-refractivity contribution in [2.45, 2.75) is 19.4 Å². The minimum Gasteiger partial charge on any atom is -0.497 e. The standard InChI is InChI=1S/C18H17N5O3S/c1-25-11-4-5-12-9(6-11)2-3-10-7-13(27-15(10)12)16(24)26-8-14-21-17(19)23-18(20)22-14/h4-7H,2-3,8H2,1H3,(H4,19,20,21,22,23). The van der Waals surface area contributed by atoms with Crippen LogP contribution in [-0.4, -0.2) is 28.0 Å². The number of nitrogen functional groups attached to an aromatic ring is 2. The summed E-state index contributed by atoms with van der Waals surface area (Å²) in [5.74, 6) is 0.609. The topological polar surface area (TPSA) is 126 Å². The Labute approximate surface area is 159 Å². The van der Waals surface area contributed by atoms with Gasteiger partial charge in [-0.25, -0.2) is 4.79 Å². The molecule has 1 aliphatic carbocycles. The number of ether oxygens (including phenoxy) is 2. The number of rotatable bonds is 4. The first-order valence-electron chi connectivity index (χ1n) is 8.26. The van der Waals surface area contributed by atoms with Gasteiger partial charge in [-0.15, -0.1) is 11.3 Å². The predicted molar refractivity (Wildman–Crippen MR) is 101 cm³/mol. The van der Waals surface area contributed by atoms with Crippen LogP contribution in [0.2, 0.25) is 0 Å². The van der Waals surface area contributed by atoms with Gasteiger partial charge >= 0.3 is 5.97 Å². The average molecular weight is 383 g/mol. The highest BCUT2D eigenvalue weighted by atomic mass is 32.1. The van der Waals surface area contributed by atoms with Gasteiger partial charge in [-0.3, -0.25) is 0 Å². The molecule has 4 N–H and O–H groups in total. The molecule has 0 atom stereocenters. The molecular formula is C18H17N5O3S. The van der Waals surface area contributed by atoms with Gasteiger partial charge in [-0.05, 0) is 53.8 Å². The molecular weight excluding hydrogens is 366 g/mol. The second kappa shape index (κ2) is 6.84. The summed E-state index contributed by atoms with van der Waals surface area (Å²) in [5, 5.41) is 0. The van der Waals surface area contributed by atoms with E-state index in [1.165, 1.54) is 16.9 Å². The minimum atomic E-state index is -0.429. The van der Waals surface area contributed by atoms with E-state index in [1.54, 1.807) is 7.11 Å². The zero-order valence-electron chi connectivity index (χ0n) is 14.6. The molecule has 0 saturated heterocycles. The highest BCUT2D eigenvalue weighted by Gasteiger charge is 2.23. The number of hydrogen-bond donors (Lipinski definition) is 2. The molecule has 1 aromatic carbocycles. The number of carbonyl (C=O) groups is 1. The molecule has 2 heterocycles. The molecule has 8 nitrogen and oxygen atoms in total. The van der Waals surface area contributed by atoms with E-state index in [4.69, 9.17) is 20.9 Å². The molecule has 0 aliphatic heterocycles. The summed E-state index contributed by atoms with van der Waals surface area (Å²) in [5.41, 5.74) is 14.6. The van der Waals surface area contributed by atoms with E-state index in [1.807, 2.05) is 24.3 Å². The Balaban J connectivity index is 1.54. The van der Waals surface area contributed by atoms with Gasteiger partial charge in [0.2, 0.25) is 11.9 Å². The third-order valence-corrected chi connectivity index (χ3v) is 5.47. The summed E-state index contributed by atoms with van der Waals surface area (Å²) in [6, 6.07) is 7.91. The number of aromatic nitrogens is 3. The highest BCUT2D eigenvalue weighted by molar-refractivity contribution is 7.17. The van der Waals surface area contributed by atoms with Crippen molar-refractivity contribution in [3.05, 3.63) is 46.1 Å². The van der Waals surface area contributed by atoms with Crippen LogP contribution >= 0.6 is 11.3 Å². The number of benzene rings is 1. The van der Waals surface area contributed by atoms with Crippen molar-refractivity contribution in [2.75, 3.05) is 18.6 Å². The van der Waals surface area contributed by atoms with Crippen molar-refractivity contribution < 1.29 is 14.3 Å². The number of thiophene rings is 1. The summed E-state index contributed by atoms with van der Waals surface area (Å²) in [4.78, 5) is 25.6. The zero-order chi connectivity index (χ0) is 19.0. The number of anilines is 2. The normalized spacial score (nSPS) is 12.2. The Morgan fingerprint density at radius 3 is 2.59 bits per heavy atom. The van der Waals surface area contributed by atoms with E-state index < -0.39 is 5.97 Å². The SMILES string of the molecule is COc1ccc2c(c1)CCc1cc(C(=O)OCc3nc(N)nc(N)n3)sc1-2. The van der Waals surface area contributed by atoms with Gasteiger partial charge in [0.15, 0.2) is 12.4 Å². The quantitative estimate of drug-likeness (QED) is 0.657. The maximum absolute atomic E-state index is 12.5. The minimum absolute atomic E-state index is 0.00725. The highest BCUT2D eigenvalue weighted by Crippen LogP contribution is 2.41. The Morgan fingerprint density at radius 2 is 1.85 bits per heavy atom. The fraction of sp³-hybridized carbons (Fsp3) is 0.222. The van der Waals surface area contributed by atoms with Crippen LogP contribution in [-0.2, 0) is 24.2 Å². The Kier molecular flexibility index (Phi) is 4.36. The van der Waals surface area contributed by atoms with Crippen LogP contribution in [0.5, 0.6) is 5.75 Å². The molecule has 138 valence electrons. The van der Waals surface area contributed by atoms with Crippen molar-refractivity contribution in [3.63, 3.8) is 0 Å². The monoisotopic (exact) mass is 383 g/mol. The van der Waals surface area contributed by atoms with Gasteiger partial charge in [-0.2, -0.15) is 15.0 Å². The number of nitrogens with zero attached hydrogens (tertiary/aromatic N) is 3. The summed E-state index contributed by atoms with van der Waals surface area (Å²) >= 11 is 1.42. The van der Waals surface area contributed by atoms with Gasteiger partial charge < -0.3 is 20.9 Å². The molecule has 0 unspecified atom stereocenters. The van der Waals surface area contributed by atoms with Crippen molar-refractivity contribution in [1.29, 1.82) is 0 Å². The second-order valence-electron chi connectivity index (χ2n) is 6.03. The van der Waals surface area contributed by atoms with Crippen molar-refractivity contribution in [3.8, 4) is 16.2 Å². The number of nitrogens with two attached hydrogens (primary N) is 2. The largest absolute Gasteiger partial charge is 0.497 e. The Bertz CT molecular complexity index is 1010. The molecule has 2 aromatic heterocycles. The number of hydrogen-bond acceptors (Lipinski definition) is 9. The maximum Gasteiger partial charge on any atom is 0.348 e. The average Bonchev–Trinajstić information content (AvgIpc) is 3.09. The van der Waals surface area contributed by atoms with Crippen molar-refractivity contribution in [2.24, 2.45) is 0 Å². The Morgan fingerprint density at radius 1 is 1.11 bits per heavy atom. The number of carbonyl (C=O) groups excluding carboxylic acids is 1. The lowest BCUT2D eigenvalue weighted by Crippen LogP contribution is -2.10. The fourth-order valence-electron chi connectivity index (χ4n) is 3.06. The van der Waals surface area contributed by atoms with E-state index in [9.17, 15) is 4.79 Å². The van der Waals surface area contributed by atoms with E-state index in [0.29, 0.717) is 4.88 Å². The molecule has 0 bridgehead atoms. The van der Waals surface area contributed by atoms with Gasteiger partial charge in [0.1, 0.15) is 10.6 Å². The molecule has 0 amide bonds. The first-order valence-corrected chi connectivity index (χ1v) is 9.08. The van der Waals surface area contributed by atoms with Crippen LogP contribution in [0.15, 0.2) is 24.3 Å². The molecule has 3 aromatic rings. The molecule has 27 heavy (non-hydrogen) atoms. The molecule has 0 fully saturated rings. The molecule has 4 rings (SSSR count). The van der Waals surface area contributed by atoms with E-state index in [2.05, 4.69) is 15.0 Å². The van der Waals surface area contributed by atoms with Crippen LogP contribution in [0.1, 0.15) is 26.6 Å². The summed E-state index contributed by atoms with van der Waals surface area (Å²) in [6.45, 7) is -0.119. The van der Waals surface area contributed by atoms with Crippen molar-refractivity contribution >= 4 is 29.2 Å². The fourth-order valence-corrected chi connectivity index (χ4v) is 4.22. The molecule has 0 saturated carbocycles. The molecule has 9 heteroatoms. The lowest BCUT2D eigenvalue weighted by atomic mass is 9.91. The maximum atomic E-state index is 12.5. The molecule has 1 aliphatic rings.